The van der Waals surface area contributed by atoms with Crippen LogP contribution in [0.2, 0.25) is 0 Å². The van der Waals surface area contributed by atoms with Crippen LogP contribution in [0.25, 0.3) is 0 Å². The van der Waals surface area contributed by atoms with Crippen molar-refractivity contribution in [2.75, 3.05) is 21.3 Å². The quantitative estimate of drug-likeness (QED) is 0.654. The van der Waals surface area contributed by atoms with E-state index in [4.69, 9.17) is 14.2 Å². The zero-order valence-electron chi connectivity index (χ0n) is 14.1. The van der Waals surface area contributed by atoms with Crippen molar-refractivity contribution >= 4 is 11.6 Å². The topological polar surface area (TPSA) is 69.2 Å². The van der Waals surface area contributed by atoms with Gasteiger partial charge in [-0.05, 0) is 37.3 Å². The van der Waals surface area contributed by atoms with Crippen molar-refractivity contribution in [2.24, 2.45) is 5.10 Å². The lowest BCUT2D eigenvalue weighted by molar-refractivity contribution is 0.0954. The van der Waals surface area contributed by atoms with Gasteiger partial charge in [0.05, 0.1) is 27.0 Å². The number of hydrogen-bond acceptors (Lipinski definition) is 5. The molecule has 0 heterocycles. The van der Waals surface area contributed by atoms with Crippen LogP contribution in [0.1, 0.15) is 22.8 Å². The average Bonchev–Trinajstić information content (AvgIpc) is 2.65. The van der Waals surface area contributed by atoms with E-state index >= 15 is 0 Å². The third-order valence-electron chi connectivity index (χ3n) is 3.46. The molecule has 0 bridgehead atoms. The van der Waals surface area contributed by atoms with Crippen molar-refractivity contribution in [2.45, 2.75) is 6.92 Å². The average molecular weight is 328 g/mol. The van der Waals surface area contributed by atoms with Gasteiger partial charge in [-0.1, -0.05) is 6.07 Å². The number of ether oxygens (including phenoxy) is 3. The van der Waals surface area contributed by atoms with Crippen LogP contribution in [0, 0.1) is 0 Å². The van der Waals surface area contributed by atoms with Crippen LogP contribution in [-0.2, 0) is 0 Å². The summed E-state index contributed by atoms with van der Waals surface area (Å²) in [4.78, 5) is 12.2. The van der Waals surface area contributed by atoms with E-state index in [0.29, 0.717) is 28.5 Å². The molecule has 0 unspecified atom stereocenters. The first-order chi connectivity index (χ1) is 11.6. The number of hydrazone groups is 1. The van der Waals surface area contributed by atoms with Gasteiger partial charge in [0.25, 0.3) is 5.91 Å². The minimum absolute atomic E-state index is 0.319. The molecule has 0 radical (unpaired) electrons. The van der Waals surface area contributed by atoms with Crippen LogP contribution in [0.15, 0.2) is 47.6 Å². The number of rotatable bonds is 6. The number of amides is 1. The number of nitrogens with zero attached hydrogens (tertiary/aromatic N) is 1. The van der Waals surface area contributed by atoms with Gasteiger partial charge in [0.2, 0.25) is 0 Å². The summed E-state index contributed by atoms with van der Waals surface area (Å²) < 4.78 is 15.6. The predicted octanol–water partition coefficient (Wildman–Crippen LogP) is 2.87. The molecule has 0 saturated carbocycles. The lowest BCUT2D eigenvalue weighted by atomic mass is 10.1. The number of methoxy groups -OCH3 is 3. The maximum atomic E-state index is 12.2. The lowest BCUT2D eigenvalue weighted by Gasteiger charge is -2.10. The molecule has 0 spiro atoms. The van der Waals surface area contributed by atoms with Gasteiger partial charge in [0, 0.05) is 17.2 Å². The third-order valence-corrected chi connectivity index (χ3v) is 3.46. The van der Waals surface area contributed by atoms with Crippen LogP contribution in [0.5, 0.6) is 17.2 Å². The molecule has 0 aromatic heterocycles. The molecule has 6 heteroatoms. The molecular weight excluding hydrogens is 308 g/mol. The van der Waals surface area contributed by atoms with Gasteiger partial charge in [0.1, 0.15) is 17.2 Å². The summed E-state index contributed by atoms with van der Waals surface area (Å²) in [6.45, 7) is 1.79. The van der Waals surface area contributed by atoms with Gasteiger partial charge in [-0.15, -0.1) is 0 Å². The Morgan fingerprint density at radius 2 is 1.67 bits per heavy atom. The van der Waals surface area contributed by atoms with Gasteiger partial charge in [-0.25, -0.2) is 5.43 Å². The van der Waals surface area contributed by atoms with E-state index in [9.17, 15) is 4.79 Å². The van der Waals surface area contributed by atoms with Crippen molar-refractivity contribution in [3.63, 3.8) is 0 Å². The molecule has 0 saturated heterocycles. The van der Waals surface area contributed by atoms with Gasteiger partial charge in [-0.3, -0.25) is 4.79 Å². The van der Waals surface area contributed by atoms with Crippen LogP contribution in [0.4, 0.5) is 0 Å². The second-order valence-corrected chi connectivity index (χ2v) is 4.94. The number of carbonyl (C=O) groups excluding carboxylic acids is 1. The standard InChI is InChI=1S/C18H20N2O4/c1-12(16-9-8-15(23-3)11-17(16)24-4)19-20-18(21)13-6-5-7-14(10-13)22-2/h5-11H,1-4H3,(H,20,21)/b19-12-. The highest BCUT2D eigenvalue weighted by Crippen LogP contribution is 2.25. The summed E-state index contributed by atoms with van der Waals surface area (Å²) in [5.41, 5.74) is 4.38. The molecule has 126 valence electrons. The summed E-state index contributed by atoms with van der Waals surface area (Å²) in [6.07, 6.45) is 0. The summed E-state index contributed by atoms with van der Waals surface area (Å²) >= 11 is 0. The molecule has 0 aliphatic carbocycles. The SMILES string of the molecule is COc1cccc(C(=O)N/N=C(/C)c2ccc(OC)cc2OC)c1. The molecular formula is C18H20N2O4. The number of hydrogen-bond donors (Lipinski definition) is 1. The summed E-state index contributed by atoms with van der Waals surface area (Å²) in [6, 6.07) is 12.3. The maximum absolute atomic E-state index is 12.2. The summed E-state index contributed by atoms with van der Waals surface area (Å²) in [7, 11) is 4.71. The molecule has 1 amide bonds. The first-order valence-corrected chi connectivity index (χ1v) is 7.30. The Hall–Kier alpha value is -3.02. The van der Waals surface area contributed by atoms with Gasteiger partial charge in [0.15, 0.2) is 0 Å². The fourth-order valence-corrected chi connectivity index (χ4v) is 2.12. The highest BCUT2D eigenvalue weighted by atomic mass is 16.5. The molecule has 0 fully saturated rings. The maximum Gasteiger partial charge on any atom is 0.271 e. The molecule has 0 aliphatic heterocycles. The summed E-state index contributed by atoms with van der Waals surface area (Å²) in [5, 5.41) is 4.15. The minimum Gasteiger partial charge on any atom is -0.497 e. The molecule has 24 heavy (non-hydrogen) atoms. The van der Waals surface area contributed by atoms with Crippen molar-refractivity contribution in [1.29, 1.82) is 0 Å². The fraction of sp³-hybridized carbons (Fsp3) is 0.222. The number of benzene rings is 2. The van der Waals surface area contributed by atoms with E-state index in [0.717, 1.165) is 5.56 Å². The van der Waals surface area contributed by atoms with Crippen LogP contribution in [0.3, 0.4) is 0 Å². The summed E-state index contributed by atoms with van der Waals surface area (Å²) in [5.74, 6) is 1.59. The largest absolute Gasteiger partial charge is 0.497 e. The van der Waals surface area contributed by atoms with E-state index in [2.05, 4.69) is 10.5 Å². The van der Waals surface area contributed by atoms with Crippen molar-refractivity contribution in [3.8, 4) is 17.2 Å². The van der Waals surface area contributed by atoms with Crippen molar-refractivity contribution in [1.82, 2.24) is 5.43 Å². The number of carbonyl (C=O) groups is 1. The van der Waals surface area contributed by atoms with Crippen molar-refractivity contribution < 1.29 is 19.0 Å². The Kier molecular flexibility index (Phi) is 5.78. The van der Waals surface area contributed by atoms with E-state index in [1.807, 2.05) is 6.07 Å². The minimum atomic E-state index is -0.319. The Balaban J connectivity index is 2.17. The zero-order chi connectivity index (χ0) is 17.5. The van der Waals surface area contributed by atoms with Gasteiger partial charge in [-0.2, -0.15) is 5.10 Å². The highest BCUT2D eigenvalue weighted by Gasteiger charge is 2.10. The van der Waals surface area contributed by atoms with Crippen molar-refractivity contribution in [3.05, 3.63) is 53.6 Å². The highest BCUT2D eigenvalue weighted by molar-refractivity contribution is 6.02. The van der Waals surface area contributed by atoms with E-state index in [1.165, 1.54) is 0 Å². The smallest absolute Gasteiger partial charge is 0.271 e. The van der Waals surface area contributed by atoms with E-state index in [1.54, 1.807) is 64.7 Å². The number of nitrogens with one attached hydrogen (secondary N) is 1. The van der Waals surface area contributed by atoms with E-state index < -0.39 is 0 Å². The Morgan fingerprint density at radius 1 is 0.958 bits per heavy atom. The predicted molar refractivity (Wildman–Crippen MR) is 92.2 cm³/mol. The third kappa shape index (κ3) is 4.04. The van der Waals surface area contributed by atoms with Gasteiger partial charge < -0.3 is 14.2 Å². The zero-order valence-corrected chi connectivity index (χ0v) is 14.1. The molecule has 2 aromatic rings. The molecule has 2 rings (SSSR count). The van der Waals surface area contributed by atoms with Crippen LogP contribution >= 0.6 is 0 Å². The monoisotopic (exact) mass is 328 g/mol. The van der Waals surface area contributed by atoms with Gasteiger partial charge >= 0.3 is 0 Å². The Bertz CT molecular complexity index is 756. The van der Waals surface area contributed by atoms with Crippen LogP contribution < -0.4 is 19.6 Å². The molecule has 1 N–H and O–H groups in total. The first-order valence-electron chi connectivity index (χ1n) is 7.30. The van der Waals surface area contributed by atoms with Crippen LogP contribution in [-0.4, -0.2) is 32.9 Å². The van der Waals surface area contributed by atoms with E-state index in [-0.39, 0.29) is 5.91 Å². The normalized spacial score (nSPS) is 10.9. The molecule has 0 atom stereocenters. The molecule has 0 aliphatic rings. The second kappa shape index (κ2) is 8.01. The molecule has 2 aromatic carbocycles. The fourth-order valence-electron chi connectivity index (χ4n) is 2.12. The second-order valence-electron chi connectivity index (χ2n) is 4.94. The Morgan fingerprint density at radius 3 is 2.33 bits per heavy atom. The lowest BCUT2D eigenvalue weighted by Crippen LogP contribution is -2.19. The Labute approximate surface area is 141 Å². The molecule has 6 nitrogen and oxygen atoms in total. The first kappa shape index (κ1) is 17.3.